The van der Waals surface area contributed by atoms with Gasteiger partial charge in [-0.1, -0.05) is 6.92 Å². The van der Waals surface area contributed by atoms with Gasteiger partial charge in [-0.2, -0.15) is 0 Å². The van der Waals surface area contributed by atoms with E-state index in [9.17, 15) is 4.79 Å². The first kappa shape index (κ1) is 11.6. The molecule has 0 amide bonds. The van der Waals surface area contributed by atoms with Crippen LogP contribution in [0.5, 0.6) is 0 Å². The van der Waals surface area contributed by atoms with Crippen LogP contribution in [0.15, 0.2) is 0 Å². The fourth-order valence-corrected chi connectivity index (χ4v) is 0.682. The first-order valence-electron chi connectivity index (χ1n) is 4.42. The maximum Gasteiger partial charge on any atom is 0.132 e. The van der Waals surface area contributed by atoms with Crippen molar-refractivity contribution in [3.63, 3.8) is 0 Å². The normalized spacial score (nSPS) is 10.2. The molecule has 0 heterocycles. The molecule has 0 aromatic heterocycles. The van der Waals surface area contributed by atoms with Gasteiger partial charge in [-0.25, -0.2) is 0 Å². The summed E-state index contributed by atoms with van der Waals surface area (Å²) in [5, 5.41) is 0. The highest BCUT2D eigenvalue weighted by molar-refractivity contribution is 5.75. The van der Waals surface area contributed by atoms with E-state index in [2.05, 4.69) is 6.92 Å². The molecule has 0 saturated heterocycles. The molecule has 0 aliphatic heterocycles. The second-order valence-electron chi connectivity index (χ2n) is 2.68. The molecular weight excluding hydrogens is 156 g/mol. The molecular formula is C9H18O3. The summed E-state index contributed by atoms with van der Waals surface area (Å²) in [6, 6.07) is 0. The quantitative estimate of drug-likeness (QED) is 0.522. The number of carbonyl (C=O) groups excluding carboxylic acids is 1. The fourth-order valence-electron chi connectivity index (χ4n) is 0.682. The van der Waals surface area contributed by atoms with Crippen molar-refractivity contribution in [2.75, 3.05) is 26.4 Å². The number of carbonyl (C=O) groups is 1. The highest BCUT2D eigenvalue weighted by Crippen LogP contribution is 1.85. The molecule has 0 saturated carbocycles. The molecule has 0 fully saturated rings. The summed E-state index contributed by atoms with van der Waals surface area (Å²) in [6.45, 7) is 6.16. The Kier molecular flexibility index (Phi) is 8.39. The minimum atomic E-state index is 0.171. The van der Waals surface area contributed by atoms with Crippen LogP contribution in [0, 0.1) is 0 Å². The van der Waals surface area contributed by atoms with Gasteiger partial charge >= 0.3 is 0 Å². The topological polar surface area (TPSA) is 35.5 Å². The van der Waals surface area contributed by atoms with E-state index >= 15 is 0 Å². The Balaban J connectivity index is 2.86. The van der Waals surface area contributed by atoms with E-state index < -0.39 is 0 Å². The van der Waals surface area contributed by atoms with E-state index in [0.717, 1.165) is 13.0 Å². The molecule has 0 bridgehead atoms. The maximum atomic E-state index is 10.5. The Hall–Kier alpha value is -0.410. The molecule has 0 aromatic rings. The van der Waals surface area contributed by atoms with E-state index in [1.807, 2.05) is 0 Å². The number of rotatable bonds is 8. The summed E-state index contributed by atoms with van der Waals surface area (Å²) in [7, 11) is 0. The molecule has 0 rings (SSSR count). The van der Waals surface area contributed by atoms with Gasteiger partial charge in [-0.3, -0.25) is 4.79 Å². The number of ether oxygens (including phenoxy) is 2. The third kappa shape index (κ3) is 9.59. The van der Waals surface area contributed by atoms with Crippen molar-refractivity contribution in [2.24, 2.45) is 0 Å². The monoisotopic (exact) mass is 174 g/mol. The van der Waals surface area contributed by atoms with E-state index in [1.165, 1.54) is 0 Å². The lowest BCUT2D eigenvalue weighted by atomic mass is 10.3. The zero-order chi connectivity index (χ0) is 9.23. The van der Waals surface area contributed by atoms with Gasteiger partial charge in [0.2, 0.25) is 0 Å². The summed E-state index contributed by atoms with van der Waals surface area (Å²) >= 11 is 0. The Labute approximate surface area is 74.0 Å². The third-order valence-corrected chi connectivity index (χ3v) is 1.32. The largest absolute Gasteiger partial charge is 0.379 e. The molecule has 3 nitrogen and oxygen atoms in total. The van der Waals surface area contributed by atoms with Gasteiger partial charge in [0.25, 0.3) is 0 Å². The van der Waals surface area contributed by atoms with Gasteiger partial charge in [-0.15, -0.1) is 0 Å². The Morgan fingerprint density at radius 3 is 2.17 bits per heavy atom. The molecule has 0 aliphatic carbocycles. The van der Waals surface area contributed by atoms with Crippen molar-refractivity contribution in [2.45, 2.75) is 26.7 Å². The van der Waals surface area contributed by atoms with Crippen LogP contribution < -0.4 is 0 Å². The van der Waals surface area contributed by atoms with Crippen molar-refractivity contribution >= 4 is 5.78 Å². The Morgan fingerprint density at radius 2 is 1.67 bits per heavy atom. The van der Waals surface area contributed by atoms with Crippen LogP contribution >= 0.6 is 0 Å². The SMILES string of the molecule is CCCOCCOCCC(C)=O. The van der Waals surface area contributed by atoms with Crippen LogP contribution in [-0.4, -0.2) is 32.2 Å². The first-order chi connectivity index (χ1) is 5.77. The number of ketones is 1. The van der Waals surface area contributed by atoms with E-state index in [4.69, 9.17) is 9.47 Å². The van der Waals surface area contributed by atoms with Crippen LogP contribution in [0.4, 0.5) is 0 Å². The molecule has 0 atom stereocenters. The molecule has 0 unspecified atom stereocenters. The molecule has 0 spiro atoms. The summed E-state index contributed by atoms with van der Waals surface area (Å²) in [5.41, 5.74) is 0. The van der Waals surface area contributed by atoms with Crippen molar-refractivity contribution < 1.29 is 14.3 Å². The number of hydrogen-bond acceptors (Lipinski definition) is 3. The smallest absolute Gasteiger partial charge is 0.132 e. The van der Waals surface area contributed by atoms with E-state index in [0.29, 0.717) is 26.2 Å². The highest BCUT2D eigenvalue weighted by Gasteiger charge is 1.92. The molecule has 72 valence electrons. The summed E-state index contributed by atoms with van der Waals surface area (Å²) in [4.78, 5) is 10.5. The number of Topliss-reactive ketones (excluding diaryl/α,β-unsaturated/α-hetero) is 1. The van der Waals surface area contributed by atoms with Gasteiger partial charge in [0.05, 0.1) is 19.8 Å². The minimum Gasteiger partial charge on any atom is -0.379 e. The van der Waals surface area contributed by atoms with E-state index in [-0.39, 0.29) is 5.78 Å². The van der Waals surface area contributed by atoms with Crippen LogP contribution in [0.2, 0.25) is 0 Å². The van der Waals surface area contributed by atoms with E-state index in [1.54, 1.807) is 6.92 Å². The average molecular weight is 174 g/mol. The second-order valence-corrected chi connectivity index (χ2v) is 2.68. The lowest BCUT2D eigenvalue weighted by Crippen LogP contribution is -2.07. The Morgan fingerprint density at radius 1 is 1.08 bits per heavy atom. The standard InChI is InChI=1S/C9H18O3/c1-3-5-11-7-8-12-6-4-9(2)10/h3-8H2,1-2H3. The molecule has 0 aliphatic rings. The Bertz CT molecular complexity index is 112. The summed E-state index contributed by atoms with van der Waals surface area (Å²) in [6.07, 6.45) is 1.54. The lowest BCUT2D eigenvalue weighted by Gasteiger charge is -2.03. The van der Waals surface area contributed by atoms with Crippen molar-refractivity contribution in [1.29, 1.82) is 0 Å². The van der Waals surface area contributed by atoms with Crippen molar-refractivity contribution in [3.8, 4) is 0 Å². The van der Waals surface area contributed by atoms with Gasteiger partial charge < -0.3 is 9.47 Å². The zero-order valence-corrected chi connectivity index (χ0v) is 7.97. The third-order valence-electron chi connectivity index (χ3n) is 1.32. The van der Waals surface area contributed by atoms with Gasteiger partial charge in [0, 0.05) is 13.0 Å². The van der Waals surface area contributed by atoms with Gasteiger partial charge in [0.1, 0.15) is 5.78 Å². The molecule has 12 heavy (non-hydrogen) atoms. The van der Waals surface area contributed by atoms with Gasteiger partial charge in [0.15, 0.2) is 0 Å². The zero-order valence-electron chi connectivity index (χ0n) is 7.97. The maximum absolute atomic E-state index is 10.5. The predicted octanol–water partition coefficient (Wildman–Crippen LogP) is 1.41. The van der Waals surface area contributed by atoms with Crippen LogP contribution in [0.1, 0.15) is 26.7 Å². The van der Waals surface area contributed by atoms with Gasteiger partial charge in [-0.05, 0) is 13.3 Å². The molecule has 0 radical (unpaired) electrons. The highest BCUT2D eigenvalue weighted by atomic mass is 16.5. The first-order valence-corrected chi connectivity index (χ1v) is 4.42. The average Bonchev–Trinajstić information content (AvgIpc) is 2.02. The molecule has 3 heteroatoms. The van der Waals surface area contributed by atoms with Crippen LogP contribution in [-0.2, 0) is 14.3 Å². The number of hydrogen-bond donors (Lipinski definition) is 0. The minimum absolute atomic E-state index is 0.171. The summed E-state index contributed by atoms with van der Waals surface area (Å²) < 4.78 is 10.3. The fraction of sp³-hybridized carbons (Fsp3) is 0.889. The molecule has 0 aromatic carbocycles. The molecule has 0 N–H and O–H groups in total. The second kappa shape index (κ2) is 8.68. The van der Waals surface area contributed by atoms with Crippen LogP contribution in [0.25, 0.3) is 0 Å². The predicted molar refractivity (Wildman–Crippen MR) is 47.2 cm³/mol. The van der Waals surface area contributed by atoms with Crippen molar-refractivity contribution in [3.05, 3.63) is 0 Å². The lowest BCUT2D eigenvalue weighted by molar-refractivity contribution is -0.118. The van der Waals surface area contributed by atoms with Crippen molar-refractivity contribution in [1.82, 2.24) is 0 Å². The summed E-state index contributed by atoms with van der Waals surface area (Å²) in [5.74, 6) is 0.171. The van der Waals surface area contributed by atoms with Crippen LogP contribution in [0.3, 0.4) is 0 Å².